The molecule has 1 aliphatic carbocycles. The third kappa shape index (κ3) is 5.16. The maximum absolute atomic E-state index is 9.75. The number of hydrogen-bond acceptors (Lipinski definition) is 2. The van der Waals surface area contributed by atoms with E-state index in [2.05, 4.69) is 61.6 Å². The molecule has 134 valence electrons. The summed E-state index contributed by atoms with van der Waals surface area (Å²) in [6.45, 7) is 7.01. The quantitative estimate of drug-likeness (QED) is 0.420. The minimum absolute atomic E-state index is 0.393. The number of ether oxygens (including phenoxy) is 1. The van der Waals surface area contributed by atoms with Crippen LogP contribution < -0.4 is 5.32 Å². The van der Waals surface area contributed by atoms with Crippen molar-refractivity contribution >= 4 is 29.8 Å². The zero-order chi connectivity index (χ0) is 18.6. The van der Waals surface area contributed by atoms with Gasteiger partial charge in [0.2, 0.25) is 0 Å². The van der Waals surface area contributed by atoms with E-state index in [0.29, 0.717) is 12.6 Å². The van der Waals surface area contributed by atoms with Crippen LogP contribution in [0.4, 0.5) is 23.0 Å². The molecule has 0 atom stereocenters. The highest BCUT2D eigenvalue weighted by atomic mass is 19.5. The maximum atomic E-state index is 9.75. The van der Waals surface area contributed by atoms with E-state index in [1.165, 1.54) is 21.9 Å². The molecule has 0 amide bonds. The second-order valence-corrected chi connectivity index (χ2v) is 5.86. The van der Waals surface area contributed by atoms with Gasteiger partial charge in [-0.2, -0.15) is 0 Å². The predicted octanol–water partition coefficient (Wildman–Crippen LogP) is 5.90. The predicted molar refractivity (Wildman–Crippen MR) is 95.9 cm³/mol. The highest BCUT2D eigenvalue weighted by Crippen LogP contribution is 2.39. The Morgan fingerprint density at radius 2 is 1.80 bits per heavy atom. The summed E-state index contributed by atoms with van der Waals surface area (Å²) in [7, 11) is -6.00. The summed E-state index contributed by atoms with van der Waals surface area (Å²) in [6.07, 6.45) is 5.17. The summed E-state index contributed by atoms with van der Waals surface area (Å²) in [6, 6.07) is 11.1. The first-order valence-electron chi connectivity index (χ1n) is 8.08. The molecule has 0 aromatic heterocycles. The third-order valence-corrected chi connectivity index (χ3v) is 3.48. The van der Waals surface area contributed by atoms with Crippen LogP contribution in [0.2, 0.25) is 0 Å². The molecule has 2 aromatic carbocycles. The monoisotopic (exact) mass is 353 g/mol. The normalized spacial score (nSPS) is 13.0. The van der Waals surface area contributed by atoms with Gasteiger partial charge in [-0.05, 0) is 39.0 Å². The van der Waals surface area contributed by atoms with E-state index in [9.17, 15) is 17.3 Å². The molecule has 2 nitrogen and oxygen atoms in total. The topological polar surface area (TPSA) is 21.3 Å². The first-order chi connectivity index (χ1) is 11.7. The van der Waals surface area contributed by atoms with Crippen LogP contribution in [-0.2, 0) is 4.74 Å². The summed E-state index contributed by atoms with van der Waals surface area (Å²) < 4.78 is 44.8. The van der Waals surface area contributed by atoms with Gasteiger partial charge in [0.25, 0.3) is 0 Å². The molecular formula is C18H20BF4NO. The Bertz CT molecular complexity index is 753. The van der Waals surface area contributed by atoms with E-state index in [4.69, 9.17) is 4.74 Å². The Morgan fingerprint density at radius 1 is 1.12 bits per heavy atom. The van der Waals surface area contributed by atoms with E-state index < -0.39 is 7.25 Å². The Kier molecular flexibility index (Phi) is 6.00. The van der Waals surface area contributed by atoms with Crippen LogP contribution >= 0.6 is 0 Å². The summed E-state index contributed by atoms with van der Waals surface area (Å²) in [5, 5.41) is 6.07. The summed E-state index contributed by atoms with van der Waals surface area (Å²) in [4.78, 5) is 0. The van der Waals surface area contributed by atoms with Gasteiger partial charge in [-0.1, -0.05) is 6.07 Å². The van der Waals surface area contributed by atoms with Crippen molar-refractivity contribution in [3.8, 4) is 0 Å². The Morgan fingerprint density at radius 3 is 2.40 bits per heavy atom. The van der Waals surface area contributed by atoms with Crippen molar-refractivity contribution in [1.29, 1.82) is 0 Å². The molecule has 7 heteroatoms. The van der Waals surface area contributed by atoms with E-state index >= 15 is 0 Å². The zero-order valence-electron chi connectivity index (χ0n) is 14.3. The Hall–Kier alpha value is -2.15. The molecule has 0 radical (unpaired) electrons. The molecule has 1 aliphatic rings. The van der Waals surface area contributed by atoms with Gasteiger partial charge in [0.05, 0.1) is 23.6 Å². The lowest BCUT2D eigenvalue weighted by Crippen LogP contribution is -2.15. The smallest absolute Gasteiger partial charge is 0.418 e. The largest absolute Gasteiger partial charge is 0.673 e. The molecular weight excluding hydrogens is 333 g/mol. The summed E-state index contributed by atoms with van der Waals surface area (Å²) >= 11 is 0. The van der Waals surface area contributed by atoms with Crippen molar-refractivity contribution < 1.29 is 22.0 Å². The highest BCUT2D eigenvalue weighted by Gasteiger charge is 2.30. The van der Waals surface area contributed by atoms with Crippen molar-refractivity contribution in [1.82, 2.24) is 0 Å². The highest BCUT2D eigenvalue weighted by molar-refractivity contribution is 6.50. The number of hydrogen-bond donors (Lipinski definition) is 1. The number of halogens is 4. The number of benzene rings is 2. The van der Waals surface area contributed by atoms with Crippen LogP contribution in [0.25, 0.3) is 16.8 Å². The number of rotatable bonds is 4. The molecule has 0 aliphatic heterocycles. The maximum Gasteiger partial charge on any atom is 0.673 e. The van der Waals surface area contributed by atoms with Gasteiger partial charge in [0.1, 0.15) is 5.69 Å². The number of anilines is 1. The zero-order valence-corrected chi connectivity index (χ0v) is 14.3. The lowest BCUT2D eigenvalue weighted by atomic mass is 9.90. The van der Waals surface area contributed by atoms with Crippen LogP contribution in [0, 0.1) is 6.10 Å². The standard InChI is InChI=1S/C18H20NO.BF4/c1-4-20-16-11-9-14-7-5-6-13-8-10-15(19-12(2)3)18(16)17(13)14;2-1(3,4)5/h5-12,19H,4H2,1-3H3;/q+1;-1. The van der Waals surface area contributed by atoms with E-state index in [0.717, 1.165) is 11.8 Å². The van der Waals surface area contributed by atoms with Gasteiger partial charge in [-0.25, -0.2) is 0 Å². The average molecular weight is 353 g/mol. The summed E-state index contributed by atoms with van der Waals surface area (Å²) in [5.41, 5.74) is 3.59. The number of nitrogens with one attached hydrogen (secondary N) is 1. The van der Waals surface area contributed by atoms with Crippen molar-refractivity contribution in [2.75, 3.05) is 11.9 Å². The molecule has 0 heterocycles. The molecule has 0 unspecified atom stereocenters. The Balaban J connectivity index is 0.000000399. The molecule has 3 rings (SSSR count). The van der Waals surface area contributed by atoms with Crippen molar-refractivity contribution in [3.63, 3.8) is 0 Å². The van der Waals surface area contributed by atoms with Gasteiger partial charge in [0.15, 0.2) is 11.7 Å². The first-order valence-corrected chi connectivity index (χ1v) is 8.08. The second-order valence-electron chi connectivity index (χ2n) is 5.86. The van der Waals surface area contributed by atoms with Gasteiger partial charge < -0.3 is 22.6 Å². The van der Waals surface area contributed by atoms with Crippen LogP contribution in [-0.4, -0.2) is 19.9 Å². The molecule has 2 aromatic rings. The minimum Gasteiger partial charge on any atom is -0.418 e. The third-order valence-electron chi connectivity index (χ3n) is 3.48. The lowest BCUT2D eigenvalue weighted by molar-refractivity contribution is 0.196. The fraction of sp³-hybridized carbons (Fsp3) is 0.278. The van der Waals surface area contributed by atoms with E-state index in [1.807, 2.05) is 6.92 Å². The van der Waals surface area contributed by atoms with Crippen molar-refractivity contribution in [3.05, 3.63) is 53.6 Å². The first kappa shape index (κ1) is 19.2. The SMILES string of the molecule is CCO[C+]1C=Cc2cccc3ccc(NC(C)C)c1c23.F[B-](F)(F)F. The van der Waals surface area contributed by atoms with Crippen molar-refractivity contribution in [2.24, 2.45) is 0 Å². The molecule has 1 N–H and O–H groups in total. The fourth-order valence-electron chi connectivity index (χ4n) is 2.76. The minimum atomic E-state index is -6.00. The van der Waals surface area contributed by atoms with Crippen molar-refractivity contribution in [2.45, 2.75) is 26.8 Å². The molecule has 0 spiro atoms. The summed E-state index contributed by atoms with van der Waals surface area (Å²) in [5.74, 6) is 0. The molecule has 25 heavy (non-hydrogen) atoms. The molecule has 0 saturated heterocycles. The van der Waals surface area contributed by atoms with E-state index in [-0.39, 0.29) is 0 Å². The lowest BCUT2D eigenvalue weighted by Gasteiger charge is -2.18. The van der Waals surface area contributed by atoms with Crippen LogP contribution in [0.15, 0.2) is 36.4 Å². The van der Waals surface area contributed by atoms with Crippen LogP contribution in [0.5, 0.6) is 0 Å². The molecule has 0 fully saturated rings. The fourth-order valence-corrected chi connectivity index (χ4v) is 2.76. The van der Waals surface area contributed by atoms with Gasteiger partial charge in [0, 0.05) is 23.6 Å². The van der Waals surface area contributed by atoms with Gasteiger partial charge in [-0.15, -0.1) is 0 Å². The second kappa shape index (κ2) is 7.82. The average Bonchev–Trinajstić information content (AvgIpc) is 2.50. The Labute approximate surface area is 145 Å². The van der Waals surface area contributed by atoms with Crippen LogP contribution in [0.3, 0.4) is 0 Å². The molecule has 0 bridgehead atoms. The molecule has 0 saturated carbocycles. The van der Waals surface area contributed by atoms with E-state index in [1.54, 1.807) is 0 Å². The van der Waals surface area contributed by atoms with Gasteiger partial charge in [-0.3, -0.25) is 4.74 Å². The van der Waals surface area contributed by atoms with Gasteiger partial charge >= 0.3 is 7.25 Å². The van der Waals surface area contributed by atoms with Crippen LogP contribution in [0.1, 0.15) is 31.9 Å².